The van der Waals surface area contributed by atoms with E-state index in [1.54, 1.807) is 0 Å². The molecule has 8 heteroatoms. The zero-order chi connectivity index (χ0) is 22.5. The molecule has 172 valence electrons. The van der Waals surface area contributed by atoms with Crippen LogP contribution in [-0.2, 0) is 0 Å². The molecule has 3 aliphatic rings. The van der Waals surface area contributed by atoms with E-state index in [-0.39, 0.29) is 0 Å². The molecule has 3 aliphatic heterocycles. The molecule has 4 aromatic rings. The van der Waals surface area contributed by atoms with E-state index in [9.17, 15) is 0 Å². The summed E-state index contributed by atoms with van der Waals surface area (Å²) in [6, 6.07) is 12.6. The summed E-state index contributed by atoms with van der Waals surface area (Å²) in [7, 11) is 0. The van der Waals surface area contributed by atoms with Gasteiger partial charge in [-0.3, -0.25) is 0 Å². The predicted molar refractivity (Wildman–Crippen MR) is 128 cm³/mol. The minimum Gasteiger partial charge on any atom is -0.449 e. The van der Waals surface area contributed by atoms with Gasteiger partial charge in [-0.1, -0.05) is 0 Å². The van der Waals surface area contributed by atoms with Crippen LogP contribution in [0.1, 0.15) is 49.4 Å². The van der Waals surface area contributed by atoms with Crippen LogP contribution in [-0.4, -0.2) is 33.0 Å². The number of nitrogens with one attached hydrogen (secondary N) is 4. The topological polar surface area (TPSA) is 99.9 Å². The summed E-state index contributed by atoms with van der Waals surface area (Å²) >= 11 is 0. The third-order valence-electron chi connectivity index (χ3n) is 6.91. The van der Waals surface area contributed by atoms with E-state index < -0.39 is 0 Å². The summed E-state index contributed by atoms with van der Waals surface area (Å²) in [6.45, 7) is 2.09. The highest BCUT2D eigenvalue weighted by Gasteiger charge is 2.23. The van der Waals surface area contributed by atoms with Crippen LogP contribution in [0.4, 0.5) is 0 Å². The summed E-state index contributed by atoms with van der Waals surface area (Å²) in [5, 5.41) is 6.96. The molecule has 2 aromatic carbocycles. The molecule has 0 saturated carbocycles. The first-order valence-electron chi connectivity index (χ1n) is 12.0. The lowest BCUT2D eigenvalue weighted by Gasteiger charge is -2.21. The van der Waals surface area contributed by atoms with E-state index in [4.69, 9.17) is 14.5 Å². The quantitative estimate of drug-likeness (QED) is 0.297. The highest BCUT2D eigenvalue weighted by atomic mass is 16.6. The third-order valence-corrected chi connectivity index (χ3v) is 6.91. The monoisotopic (exact) mass is 454 g/mol. The molecule has 0 unspecified atom stereocenters. The standard InChI is InChI=1S/C26H26N6O2/c1-3-17(27-9-1)25-29-13-19(31-25)15-5-7-21-23(11-15)33-22-8-6-16(12-24(22)34-21)20-14-30-26(32-20)18-4-2-10-28-18/h5-8,11-14,17-18,27-28H,1-4,9-10H2,(H,29,31)(H,30,32)/t17-,18-/m0/s1. The number of ether oxygens (including phenoxy) is 2. The number of rotatable bonds is 4. The molecular formula is C26H26N6O2. The van der Waals surface area contributed by atoms with Crippen molar-refractivity contribution in [2.45, 2.75) is 37.8 Å². The Morgan fingerprint density at radius 2 is 1.44 bits per heavy atom. The van der Waals surface area contributed by atoms with Gasteiger partial charge in [-0.05, 0) is 75.2 Å². The zero-order valence-corrected chi connectivity index (χ0v) is 18.7. The normalized spacial score (nSPS) is 21.1. The maximum atomic E-state index is 6.21. The van der Waals surface area contributed by atoms with Gasteiger partial charge in [0.05, 0.1) is 29.7 Å². The van der Waals surface area contributed by atoms with Crippen molar-refractivity contribution in [2.24, 2.45) is 0 Å². The van der Waals surface area contributed by atoms with Crippen LogP contribution in [0.15, 0.2) is 48.8 Å². The van der Waals surface area contributed by atoms with Crippen molar-refractivity contribution in [1.82, 2.24) is 30.6 Å². The predicted octanol–water partition coefficient (Wildman–Crippen LogP) is 5.21. The van der Waals surface area contributed by atoms with E-state index in [0.717, 1.165) is 60.1 Å². The van der Waals surface area contributed by atoms with Crippen molar-refractivity contribution in [1.29, 1.82) is 0 Å². The molecular weight excluding hydrogens is 428 g/mol. The van der Waals surface area contributed by atoms with Crippen LogP contribution >= 0.6 is 0 Å². The van der Waals surface area contributed by atoms with Gasteiger partial charge in [-0.15, -0.1) is 0 Å². The molecule has 2 fully saturated rings. The molecule has 5 heterocycles. The van der Waals surface area contributed by atoms with Crippen molar-refractivity contribution >= 4 is 0 Å². The van der Waals surface area contributed by atoms with Crippen LogP contribution in [0.25, 0.3) is 22.5 Å². The van der Waals surface area contributed by atoms with Crippen molar-refractivity contribution in [3.05, 3.63) is 60.4 Å². The maximum absolute atomic E-state index is 6.21. The lowest BCUT2D eigenvalue weighted by atomic mass is 10.1. The number of H-pyrrole nitrogens is 2. The molecule has 7 rings (SSSR count). The van der Waals surface area contributed by atoms with Crippen molar-refractivity contribution in [3.63, 3.8) is 0 Å². The number of aromatic amines is 2. The molecule has 0 amide bonds. The van der Waals surface area contributed by atoms with Gasteiger partial charge >= 0.3 is 0 Å². The van der Waals surface area contributed by atoms with Crippen LogP contribution < -0.4 is 20.1 Å². The van der Waals surface area contributed by atoms with E-state index in [1.165, 1.54) is 12.8 Å². The number of hydrogen-bond acceptors (Lipinski definition) is 6. The Balaban J connectivity index is 1.13. The van der Waals surface area contributed by atoms with E-state index >= 15 is 0 Å². The van der Waals surface area contributed by atoms with Gasteiger partial charge in [0.25, 0.3) is 0 Å². The molecule has 0 spiro atoms. The SMILES string of the molecule is c1cc2c(cc1-c1c[nH]c([C@@H]3CCCN3)n1)Oc1ccc(-c3cnc([C@@H]4CCCN4)[nH]3)cc1O2. The van der Waals surface area contributed by atoms with Gasteiger partial charge in [0.2, 0.25) is 0 Å². The zero-order valence-electron chi connectivity index (χ0n) is 18.7. The Labute approximate surface area is 197 Å². The van der Waals surface area contributed by atoms with Gasteiger partial charge in [-0.2, -0.15) is 0 Å². The number of aromatic nitrogens is 4. The van der Waals surface area contributed by atoms with Crippen molar-refractivity contribution in [3.8, 4) is 45.5 Å². The number of nitrogens with zero attached hydrogens (tertiary/aromatic N) is 2. The fourth-order valence-corrected chi connectivity index (χ4v) is 5.07. The van der Waals surface area contributed by atoms with Gasteiger partial charge in [0.15, 0.2) is 23.0 Å². The van der Waals surface area contributed by atoms with Gasteiger partial charge in [-0.25, -0.2) is 9.97 Å². The first kappa shape index (κ1) is 19.8. The summed E-state index contributed by atoms with van der Waals surface area (Å²) in [5.41, 5.74) is 3.89. The molecule has 0 bridgehead atoms. The largest absolute Gasteiger partial charge is 0.449 e. The summed E-state index contributed by atoms with van der Waals surface area (Å²) in [5.74, 6) is 4.77. The fourth-order valence-electron chi connectivity index (χ4n) is 5.07. The molecule has 2 aromatic heterocycles. The van der Waals surface area contributed by atoms with Crippen LogP contribution in [0.3, 0.4) is 0 Å². The van der Waals surface area contributed by atoms with Crippen LogP contribution in [0.5, 0.6) is 23.0 Å². The molecule has 0 radical (unpaired) electrons. The maximum Gasteiger partial charge on any atom is 0.170 e. The smallest absolute Gasteiger partial charge is 0.170 e. The summed E-state index contributed by atoms with van der Waals surface area (Å²) < 4.78 is 12.4. The molecule has 2 atom stereocenters. The Morgan fingerprint density at radius 1 is 0.765 bits per heavy atom. The Bertz CT molecular complexity index is 1240. The van der Waals surface area contributed by atoms with E-state index in [1.807, 2.05) is 48.8 Å². The fraction of sp³-hybridized carbons (Fsp3) is 0.308. The van der Waals surface area contributed by atoms with Gasteiger partial charge in [0.1, 0.15) is 11.6 Å². The molecule has 2 saturated heterocycles. The second-order valence-electron chi connectivity index (χ2n) is 9.18. The van der Waals surface area contributed by atoms with E-state index in [2.05, 4.69) is 25.6 Å². The summed E-state index contributed by atoms with van der Waals surface area (Å²) in [6.07, 6.45) is 8.45. The average Bonchev–Trinajstić information content (AvgIpc) is 3.68. The number of benzene rings is 2. The lowest BCUT2D eigenvalue weighted by molar-refractivity contribution is 0.360. The van der Waals surface area contributed by atoms with Crippen LogP contribution in [0, 0.1) is 0 Å². The van der Waals surface area contributed by atoms with Gasteiger partial charge < -0.3 is 30.1 Å². The average molecular weight is 455 g/mol. The molecule has 4 N–H and O–H groups in total. The number of fused-ring (bicyclic) bond motifs is 2. The Hall–Kier alpha value is -3.62. The third kappa shape index (κ3) is 3.46. The molecule has 8 nitrogen and oxygen atoms in total. The highest BCUT2D eigenvalue weighted by Crippen LogP contribution is 2.47. The molecule has 34 heavy (non-hydrogen) atoms. The summed E-state index contributed by atoms with van der Waals surface area (Å²) in [4.78, 5) is 16.2. The first-order valence-corrected chi connectivity index (χ1v) is 12.0. The second kappa shape index (κ2) is 8.00. The second-order valence-corrected chi connectivity index (χ2v) is 9.18. The lowest BCUT2D eigenvalue weighted by Crippen LogP contribution is -2.14. The van der Waals surface area contributed by atoms with Crippen molar-refractivity contribution in [2.75, 3.05) is 13.1 Å². The van der Waals surface area contributed by atoms with Crippen LogP contribution in [0.2, 0.25) is 0 Å². The first-order chi connectivity index (χ1) is 16.8. The van der Waals surface area contributed by atoms with Crippen molar-refractivity contribution < 1.29 is 9.47 Å². The molecule has 0 aliphatic carbocycles. The minimum atomic E-state index is 0.312. The number of imidazole rings is 2. The minimum absolute atomic E-state index is 0.312. The Kier molecular flexibility index (Phi) is 4.66. The highest BCUT2D eigenvalue weighted by molar-refractivity contribution is 5.69. The Morgan fingerprint density at radius 3 is 2.15 bits per heavy atom. The van der Waals surface area contributed by atoms with Gasteiger partial charge in [0, 0.05) is 17.3 Å². The van der Waals surface area contributed by atoms with E-state index in [0.29, 0.717) is 35.1 Å². The number of hydrogen-bond donors (Lipinski definition) is 4.